The number of hydrogen-bond donors (Lipinski definition) is 2. The van der Waals surface area contributed by atoms with Gasteiger partial charge in [0.25, 0.3) is 0 Å². The van der Waals surface area contributed by atoms with Crippen molar-refractivity contribution >= 4 is 0 Å². The second kappa shape index (κ2) is 6.44. The SMILES string of the molecule is CCC(C)CC(C)CC(N)CO. The minimum absolute atomic E-state index is 0.0240. The van der Waals surface area contributed by atoms with Crippen LogP contribution in [0.25, 0.3) is 0 Å². The van der Waals surface area contributed by atoms with E-state index >= 15 is 0 Å². The van der Waals surface area contributed by atoms with Crippen molar-refractivity contribution in [2.75, 3.05) is 6.61 Å². The molecule has 0 aliphatic rings. The van der Waals surface area contributed by atoms with Crippen LogP contribution >= 0.6 is 0 Å². The average Bonchev–Trinajstić information content (AvgIpc) is 2.03. The number of hydrogen-bond acceptors (Lipinski definition) is 2. The van der Waals surface area contributed by atoms with Crippen LogP contribution in [-0.2, 0) is 0 Å². The van der Waals surface area contributed by atoms with Crippen LogP contribution < -0.4 is 5.73 Å². The topological polar surface area (TPSA) is 46.2 Å². The first-order valence-corrected chi connectivity index (χ1v) is 4.96. The molecule has 0 aromatic heterocycles. The molecule has 3 unspecified atom stereocenters. The second-order valence-corrected chi connectivity index (χ2v) is 4.03. The Morgan fingerprint density at radius 1 is 1.17 bits per heavy atom. The summed E-state index contributed by atoms with van der Waals surface area (Å²) in [4.78, 5) is 0. The molecule has 0 amide bonds. The largest absolute Gasteiger partial charge is 0.395 e. The van der Waals surface area contributed by atoms with Gasteiger partial charge in [-0.2, -0.15) is 0 Å². The van der Waals surface area contributed by atoms with Crippen LogP contribution in [0.3, 0.4) is 0 Å². The molecule has 2 heteroatoms. The maximum Gasteiger partial charge on any atom is 0.0582 e. The van der Waals surface area contributed by atoms with E-state index in [2.05, 4.69) is 20.8 Å². The number of aliphatic hydroxyl groups excluding tert-OH is 1. The zero-order chi connectivity index (χ0) is 9.56. The molecule has 12 heavy (non-hydrogen) atoms. The molecule has 3 atom stereocenters. The Kier molecular flexibility index (Phi) is 6.39. The standard InChI is InChI=1S/C10H23NO/c1-4-8(2)5-9(3)6-10(11)7-12/h8-10,12H,4-7,11H2,1-3H3. The van der Waals surface area contributed by atoms with Crippen LogP contribution in [0.2, 0.25) is 0 Å². The third-order valence-electron chi connectivity index (χ3n) is 2.44. The molecular weight excluding hydrogens is 150 g/mol. The van der Waals surface area contributed by atoms with Crippen molar-refractivity contribution in [3.8, 4) is 0 Å². The van der Waals surface area contributed by atoms with Crippen LogP contribution in [0.5, 0.6) is 0 Å². The van der Waals surface area contributed by atoms with E-state index in [9.17, 15) is 0 Å². The van der Waals surface area contributed by atoms with E-state index in [0.717, 1.165) is 12.3 Å². The van der Waals surface area contributed by atoms with E-state index in [1.54, 1.807) is 0 Å². The molecule has 0 aromatic carbocycles. The molecule has 2 nitrogen and oxygen atoms in total. The van der Waals surface area contributed by atoms with Crippen molar-refractivity contribution < 1.29 is 5.11 Å². The Bertz CT molecular complexity index is 94.0. The first-order valence-electron chi connectivity index (χ1n) is 4.96. The lowest BCUT2D eigenvalue weighted by molar-refractivity contribution is 0.239. The Labute approximate surface area is 76.2 Å². The van der Waals surface area contributed by atoms with Crippen LogP contribution in [0, 0.1) is 11.8 Å². The predicted octanol–water partition coefficient (Wildman–Crippen LogP) is 1.77. The summed E-state index contributed by atoms with van der Waals surface area (Å²) in [6.07, 6.45) is 3.41. The Morgan fingerprint density at radius 2 is 1.75 bits per heavy atom. The summed E-state index contributed by atoms with van der Waals surface area (Å²) in [6, 6.07) is -0.0240. The Morgan fingerprint density at radius 3 is 2.17 bits per heavy atom. The molecular formula is C10H23NO. The quantitative estimate of drug-likeness (QED) is 0.643. The fourth-order valence-corrected chi connectivity index (χ4v) is 1.54. The van der Waals surface area contributed by atoms with Crippen molar-refractivity contribution in [3.63, 3.8) is 0 Å². The summed E-state index contributed by atoms with van der Waals surface area (Å²) in [5.74, 6) is 1.42. The normalized spacial score (nSPS) is 18.8. The zero-order valence-corrected chi connectivity index (χ0v) is 8.59. The van der Waals surface area contributed by atoms with Gasteiger partial charge in [-0.3, -0.25) is 0 Å². The summed E-state index contributed by atoms with van der Waals surface area (Å²) in [5.41, 5.74) is 5.64. The fourth-order valence-electron chi connectivity index (χ4n) is 1.54. The zero-order valence-electron chi connectivity index (χ0n) is 8.59. The van der Waals surface area contributed by atoms with E-state index < -0.39 is 0 Å². The highest BCUT2D eigenvalue weighted by Gasteiger charge is 2.10. The van der Waals surface area contributed by atoms with Gasteiger partial charge in [-0.1, -0.05) is 27.2 Å². The van der Waals surface area contributed by atoms with Crippen LogP contribution in [0.4, 0.5) is 0 Å². The Balaban J connectivity index is 3.51. The molecule has 0 aliphatic heterocycles. The van der Waals surface area contributed by atoms with E-state index in [1.165, 1.54) is 12.8 Å². The highest BCUT2D eigenvalue weighted by Crippen LogP contribution is 2.18. The Hall–Kier alpha value is -0.0800. The third-order valence-corrected chi connectivity index (χ3v) is 2.44. The highest BCUT2D eigenvalue weighted by molar-refractivity contribution is 4.66. The van der Waals surface area contributed by atoms with Crippen molar-refractivity contribution in [1.82, 2.24) is 0 Å². The van der Waals surface area contributed by atoms with Gasteiger partial charge in [0.2, 0.25) is 0 Å². The van der Waals surface area contributed by atoms with Gasteiger partial charge >= 0.3 is 0 Å². The van der Waals surface area contributed by atoms with Crippen LogP contribution in [-0.4, -0.2) is 17.8 Å². The first-order chi connectivity index (χ1) is 5.60. The summed E-state index contributed by atoms with van der Waals surface area (Å²) in [5, 5.41) is 8.75. The molecule has 0 aliphatic carbocycles. The number of aliphatic hydroxyl groups is 1. The van der Waals surface area contributed by atoms with Gasteiger partial charge in [0.1, 0.15) is 0 Å². The first kappa shape index (κ1) is 11.9. The van der Waals surface area contributed by atoms with E-state index in [-0.39, 0.29) is 12.6 Å². The lowest BCUT2D eigenvalue weighted by atomic mass is 9.91. The van der Waals surface area contributed by atoms with Crippen LogP contribution in [0.1, 0.15) is 40.0 Å². The van der Waals surface area contributed by atoms with Crippen LogP contribution in [0.15, 0.2) is 0 Å². The summed E-state index contributed by atoms with van der Waals surface area (Å²) in [6.45, 7) is 6.80. The van der Waals surface area contributed by atoms with Gasteiger partial charge in [-0.15, -0.1) is 0 Å². The molecule has 0 saturated heterocycles. The highest BCUT2D eigenvalue weighted by atomic mass is 16.3. The summed E-state index contributed by atoms with van der Waals surface area (Å²) in [7, 11) is 0. The van der Waals surface area contributed by atoms with E-state index in [1.807, 2.05) is 0 Å². The second-order valence-electron chi connectivity index (χ2n) is 4.03. The van der Waals surface area contributed by atoms with E-state index in [0.29, 0.717) is 5.92 Å². The summed E-state index contributed by atoms with van der Waals surface area (Å²) >= 11 is 0. The molecule has 0 heterocycles. The van der Waals surface area contributed by atoms with Crippen molar-refractivity contribution in [3.05, 3.63) is 0 Å². The van der Waals surface area contributed by atoms with Crippen molar-refractivity contribution in [2.45, 2.75) is 46.1 Å². The van der Waals surface area contributed by atoms with Gasteiger partial charge < -0.3 is 10.8 Å². The molecule has 74 valence electrons. The lowest BCUT2D eigenvalue weighted by Gasteiger charge is -2.18. The molecule has 0 aromatic rings. The van der Waals surface area contributed by atoms with E-state index in [4.69, 9.17) is 10.8 Å². The van der Waals surface area contributed by atoms with Gasteiger partial charge in [0.15, 0.2) is 0 Å². The third kappa shape index (κ3) is 5.56. The maximum atomic E-state index is 8.75. The average molecular weight is 173 g/mol. The number of rotatable bonds is 6. The van der Waals surface area contributed by atoms with Crippen molar-refractivity contribution in [2.24, 2.45) is 17.6 Å². The molecule has 3 N–H and O–H groups in total. The smallest absolute Gasteiger partial charge is 0.0582 e. The fraction of sp³-hybridized carbons (Fsp3) is 1.00. The summed E-state index contributed by atoms with van der Waals surface area (Å²) < 4.78 is 0. The molecule has 0 spiro atoms. The molecule has 0 fully saturated rings. The minimum atomic E-state index is -0.0240. The van der Waals surface area contributed by atoms with Gasteiger partial charge in [0, 0.05) is 6.04 Å². The number of nitrogens with two attached hydrogens (primary N) is 1. The molecule has 0 saturated carbocycles. The minimum Gasteiger partial charge on any atom is -0.395 e. The van der Waals surface area contributed by atoms with Gasteiger partial charge in [-0.25, -0.2) is 0 Å². The van der Waals surface area contributed by atoms with Gasteiger partial charge in [-0.05, 0) is 24.7 Å². The predicted molar refractivity (Wildman–Crippen MR) is 52.9 cm³/mol. The molecule has 0 radical (unpaired) electrons. The molecule has 0 rings (SSSR count). The monoisotopic (exact) mass is 173 g/mol. The maximum absolute atomic E-state index is 8.75. The van der Waals surface area contributed by atoms with Gasteiger partial charge in [0.05, 0.1) is 6.61 Å². The molecule has 0 bridgehead atoms. The lowest BCUT2D eigenvalue weighted by Crippen LogP contribution is -2.27. The van der Waals surface area contributed by atoms with Crippen molar-refractivity contribution in [1.29, 1.82) is 0 Å².